The Morgan fingerprint density at radius 1 is 1.16 bits per heavy atom. The van der Waals surface area contributed by atoms with Gasteiger partial charge in [0.1, 0.15) is 5.75 Å². The number of hydrogen-bond acceptors (Lipinski definition) is 6. The zero-order valence-electron chi connectivity index (χ0n) is 13.9. The van der Waals surface area contributed by atoms with Crippen LogP contribution >= 0.6 is 0 Å². The van der Waals surface area contributed by atoms with E-state index in [1.54, 1.807) is 56.7 Å². The molecule has 0 aliphatic heterocycles. The minimum atomic E-state index is -0.402. The summed E-state index contributed by atoms with van der Waals surface area (Å²) in [4.78, 5) is 11.7. The van der Waals surface area contributed by atoms with Crippen LogP contribution in [0.4, 0.5) is 0 Å². The molecule has 7 heteroatoms. The van der Waals surface area contributed by atoms with Crippen LogP contribution in [-0.2, 0) is 4.79 Å². The Morgan fingerprint density at radius 3 is 2.52 bits per heavy atom. The third-order valence-electron chi connectivity index (χ3n) is 3.16. The van der Waals surface area contributed by atoms with Crippen molar-refractivity contribution in [3.8, 4) is 23.3 Å². The van der Waals surface area contributed by atoms with Crippen LogP contribution in [0.5, 0.6) is 17.2 Å². The Labute approximate surface area is 145 Å². The van der Waals surface area contributed by atoms with Crippen molar-refractivity contribution in [2.75, 3.05) is 20.8 Å². The SMILES string of the molecule is COc1ccc(/C=N\NC(=O)COc2ccc(C#N)cc2)cc1OC. The highest BCUT2D eigenvalue weighted by molar-refractivity contribution is 5.83. The third-order valence-corrected chi connectivity index (χ3v) is 3.16. The maximum Gasteiger partial charge on any atom is 0.277 e. The van der Waals surface area contributed by atoms with Crippen LogP contribution in [0.2, 0.25) is 0 Å². The summed E-state index contributed by atoms with van der Waals surface area (Å²) in [6.07, 6.45) is 1.49. The molecule has 0 aromatic heterocycles. The topological polar surface area (TPSA) is 92.9 Å². The fourth-order valence-corrected chi connectivity index (χ4v) is 1.92. The highest BCUT2D eigenvalue weighted by Gasteiger charge is 2.04. The summed E-state index contributed by atoms with van der Waals surface area (Å²) in [5.74, 6) is 1.28. The first-order valence-electron chi connectivity index (χ1n) is 7.33. The molecule has 0 aliphatic carbocycles. The van der Waals surface area contributed by atoms with Crippen LogP contribution in [0.3, 0.4) is 0 Å². The summed E-state index contributed by atoms with van der Waals surface area (Å²) in [5.41, 5.74) is 3.64. The zero-order valence-corrected chi connectivity index (χ0v) is 13.9. The van der Waals surface area contributed by atoms with Gasteiger partial charge in [0.05, 0.1) is 32.1 Å². The van der Waals surface area contributed by atoms with Gasteiger partial charge in [-0.1, -0.05) is 0 Å². The Morgan fingerprint density at radius 2 is 1.88 bits per heavy atom. The molecule has 0 saturated heterocycles. The molecule has 128 valence electrons. The molecule has 0 atom stereocenters. The van der Waals surface area contributed by atoms with Gasteiger partial charge in [0.15, 0.2) is 18.1 Å². The number of ether oxygens (including phenoxy) is 3. The normalized spacial score (nSPS) is 10.1. The lowest BCUT2D eigenvalue weighted by Gasteiger charge is -2.07. The van der Waals surface area contributed by atoms with Gasteiger partial charge in [-0.2, -0.15) is 10.4 Å². The van der Waals surface area contributed by atoms with Crippen molar-refractivity contribution < 1.29 is 19.0 Å². The lowest BCUT2D eigenvalue weighted by Crippen LogP contribution is -2.24. The lowest BCUT2D eigenvalue weighted by atomic mass is 10.2. The summed E-state index contributed by atoms with van der Waals surface area (Å²) in [6, 6.07) is 13.7. The molecule has 7 nitrogen and oxygen atoms in total. The summed E-state index contributed by atoms with van der Waals surface area (Å²) in [6.45, 7) is -0.185. The van der Waals surface area contributed by atoms with Crippen LogP contribution < -0.4 is 19.6 Å². The number of rotatable bonds is 7. The smallest absolute Gasteiger partial charge is 0.277 e. The average Bonchev–Trinajstić information content (AvgIpc) is 2.66. The first kappa shape index (κ1) is 17.8. The van der Waals surface area contributed by atoms with Gasteiger partial charge in [0.2, 0.25) is 0 Å². The van der Waals surface area contributed by atoms with E-state index in [0.29, 0.717) is 22.8 Å². The quantitative estimate of drug-likeness (QED) is 0.616. The molecule has 1 N–H and O–H groups in total. The molecule has 0 radical (unpaired) electrons. The van der Waals surface area contributed by atoms with Crippen molar-refractivity contribution in [3.05, 3.63) is 53.6 Å². The zero-order chi connectivity index (χ0) is 18.1. The van der Waals surface area contributed by atoms with Gasteiger partial charge in [0.25, 0.3) is 5.91 Å². The van der Waals surface area contributed by atoms with Crippen molar-refractivity contribution >= 4 is 12.1 Å². The number of nitrogens with zero attached hydrogens (tertiary/aromatic N) is 2. The van der Waals surface area contributed by atoms with E-state index >= 15 is 0 Å². The highest BCUT2D eigenvalue weighted by Crippen LogP contribution is 2.26. The lowest BCUT2D eigenvalue weighted by molar-refractivity contribution is -0.123. The van der Waals surface area contributed by atoms with Gasteiger partial charge in [-0.05, 0) is 48.0 Å². The number of carbonyl (C=O) groups excluding carboxylic acids is 1. The van der Waals surface area contributed by atoms with Crippen LogP contribution in [0, 0.1) is 11.3 Å². The highest BCUT2D eigenvalue weighted by atomic mass is 16.5. The second-order valence-corrected chi connectivity index (χ2v) is 4.83. The van der Waals surface area contributed by atoms with Crippen LogP contribution in [0.1, 0.15) is 11.1 Å². The number of nitrogens with one attached hydrogen (secondary N) is 1. The molecule has 0 spiro atoms. The second kappa shape index (κ2) is 8.93. The van der Waals surface area contributed by atoms with E-state index in [4.69, 9.17) is 19.5 Å². The molecule has 2 rings (SSSR count). The van der Waals surface area contributed by atoms with Gasteiger partial charge >= 0.3 is 0 Å². The Bertz CT molecular complexity index is 795. The van der Waals surface area contributed by atoms with Crippen molar-refractivity contribution in [2.24, 2.45) is 5.10 Å². The predicted octanol–water partition coefficient (Wildman–Crippen LogP) is 2.10. The van der Waals surface area contributed by atoms with E-state index in [2.05, 4.69) is 10.5 Å². The number of hydrazone groups is 1. The van der Waals surface area contributed by atoms with Gasteiger partial charge < -0.3 is 14.2 Å². The van der Waals surface area contributed by atoms with Gasteiger partial charge in [-0.3, -0.25) is 4.79 Å². The molecule has 0 unspecified atom stereocenters. The fourth-order valence-electron chi connectivity index (χ4n) is 1.92. The number of amides is 1. The maximum atomic E-state index is 11.7. The van der Waals surface area contributed by atoms with E-state index in [9.17, 15) is 4.79 Å². The van der Waals surface area contributed by atoms with Crippen molar-refractivity contribution in [1.82, 2.24) is 5.43 Å². The summed E-state index contributed by atoms with van der Waals surface area (Å²) >= 11 is 0. The minimum absolute atomic E-state index is 0.185. The van der Waals surface area contributed by atoms with E-state index < -0.39 is 5.91 Å². The minimum Gasteiger partial charge on any atom is -0.493 e. The largest absolute Gasteiger partial charge is 0.493 e. The summed E-state index contributed by atoms with van der Waals surface area (Å²) in [5, 5.41) is 12.6. The van der Waals surface area contributed by atoms with Gasteiger partial charge in [0, 0.05) is 0 Å². The molecule has 0 aliphatic rings. The molecule has 0 bridgehead atoms. The van der Waals surface area contributed by atoms with Gasteiger partial charge in [-0.25, -0.2) is 5.43 Å². The molecule has 0 fully saturated rings. The first-order valence-corrected chi connectivity index (χ1v) is 7.33. The van der Waals surface area contributed by atoms with E-state index in [1.807, 2.05) is 6.07 Å². The molecule has 1 amide bonds. The van der Waals surface area contributed by atoms with Crippen molar-refractivity contribution in [1.29, 1.82) is 5.26 Å². The van der Waals surface area contributed by atoms with E-state index in [1.165, 1.54) is 6.21 Å². The number of carbonyl (C=O) groups is 1. The molecule has 0 saturated carbocycles. The molecular weight excluding hydrogens is 322 g/mol. The average molecular weight is 339 g/mol. The van der Waals surface area contributed by atoms with Gasteiger partial charge in [-0.15, -0.1) is 0 Å². The summed E-state index contributed by atoms with van der Waals surface area (Å²) in [7, 11) is 3.10. The monoisotopic (exact) mass is 339 g/mol. The van der Waals surface area contributed by atoms with Crippen molar-refractivity contribution in [2.45, 2.75) is 0 Å². The number of methoxy groups -OCH3 is 2. The molecular formula is C18H17N3O4. The number of benzene rings is 2. The molecule has 2 aromatic carbocycles. The summed E-state index contributed by atoms with van der Waals surface area (Å²) < 4.78 is 15.6. The van der Waals surface area contributed by atoms with E-state index in [0.717, 1.165) is 5.56 Å². The Hall–Kier alpha value is -3.53. The fraction of sp³-hybridized carbons (Fsp3) is 0.167. The maximum absolute atomic E-state index is 11.7. The third kappa shape index (κ3) is 5.25. The number of nitriles is 1. The molecule has 0 heterocycles. The molecule has 25 heavy (non-hydrogen) atoms. The first-order chi connectivity index (χ1) is 12.2. The Balaban J connectivity index is 1.84. The van der Waals surface area contributed by atoms with Crippen LogP contribution in [0.15, 0.2) is 47.6 Å². The Kier molecular flexibility index (Phi) is 6.37. The number of hydrogen-bond donors (Lipinski definition) is 1. The predicted molar refractivity (Wildman–Crippen MR) is 91.9 cm³/mol. The van der Waals surface area contributed by atoms with Crippen molar-refractivity contribution in [3.63, 3.8) is 0 Å². The van der Waals surface area contributed by atoms with E-state index in [-0.39, 0.29) is 6.61 Å². The van der Waals surface area contributed by atoms with Crippen LogP contribution in [-0.4, -0.2) is 32.9 Å². The van der Waals surface area contributed by atoms with Crippen LogP contribution in [0.25, 0.3) is 0 Å². The second-order valence-electron chi connectivity index (χ2n) is 4.83. The standard InChI is InChI=1S/C18H17N3O4/c1-23-16-8-5-14(9-17(16)24-2)11-20-21-18(22)12-25-15-6-3-13(10-19)4-7-15/h3-9,11H,12H2,1-2H3,(H,21,22)/b20-11-. The molecule has 2 aromatic rings.